The Hall–Kier alpha value is -1.50. The standard InChI is InChI=1S/C12H5F6S/c13-11(14,15)8-1-2-9(7-3-4-19-6-7)10(5-8)12(16,17)18/h1,3-6H. The highest BCUT2D eigenvalue weighted by molar-refractivity contribution is 7.08. The third-order valence-corrected chi connectivity index (χ3v) is 3.07. The van der Waals surface area contributed by atoms with Gasteiger partial charge in [-0.05, 0) is 40.6 Å². The number of benzene rings is 1. The van der Waals surface area contributed by atoms with Gasteiger partial charge in [-0.2, -0.15) is 37.7 Å². The summed E-state index contributed by atoms with van der Waals surface area (Å²) in [5.41, 5.74) is -2.87. The van der Waals surface area contributed by atoms with Crippen LogP contribution in [0.5, 0.6) is 0 Å². The fourth-order valence-corrected chi connectivity index (χ4v) is 2.18. The van der Waals surface area contributed by atoms with Crippen molar-refractivity contribution in [1.82, 2.24) is 0 Å². The Kier molecular flexibility index (Phi) is 3.34. The van der Waals surface area contributed by atoms with Gasteiger partial charge in [0.2, 0.25) is 0 Å². The van der Waals surface area contributed by atoms with E-state index in [1.54, 1.807) is 5.38 Å². The molecule has 1 heterocycles. The Balaban J connectivity index is 2.63. The molecule has 0 nitrogen and oxygen atoms in total. The summed E-state index contributed by atoms with van der Waals surface area (Å²) in [7, 11) is 0. The fraction of sp³-hybridized carbons (Fsp3) is 0.167. The topological polar surface area (TPSA) is 0 Å². The van der Waals surface area contributed by atoms with E-state index in [0.717, 1.165) is 11.3 Å². The van der Waals surface area contributed by atoms with E-state index in [0.29, 0.717) is 6.07 Å². The molecule has 0 aliphatic carbocycles. The molecule has 0 spiro atoms. The second-order valence-corrected chi connectivity index (χ2v) is 4.46. The normalized spacial score (nSPS) is 12.7. The molecule has 0 atom stereocenters. The molecule has 2 aromatic rings. The van der Waals surface area contributed by atoms with Gasteiger partial charge in [0.05, 0.1) is 11.1 Å². The van der Waals surface area contributed by atoms with Crippen molar-refractivity contribution >= 4 is 11.3 Å². The van der Waals surface area contributed by atoms with Crippen LogP contribution in [0.25, 0.3) is 11.1 Å². The molecular weight excluding hydrogens is 290 g/mol. The maximum absolute atomic E-state index is 12.8. The lowest BCUT2D eigenvalue weighted by Crippen LogP contribution is -2.12. The third kappa shape index (κ3) is 2.91. The van der Waals surface area contributed by atoms with Gasteiger partial charge >= 0.3 is 12.4 Å². The summed E-state index contributed by atoms with van der Waals surface area (Å²) in [6.45, 7) is 0. The van der Waals surface area contributed by atoms with Crippen molar-refractivity contribution in [1.29, 1.82) is 0 Å². The van der Waals surface area contributed by atoms with Crippen LogP contribution >= 0.6 is 11.3 Å². The van der Waals surface area contributed by atoms with E-state index in [1.807, 2.05) is 0 Å². The van der Waals surface area contributed by atoms with E-state index < -0.39 is 23.5 Å². The quantitative estimate of drug-likeness (QED) is 0.630. The van der Waals surface area contributed by atoms with Crippen LogP contribution in [-0.2, 0) is 12.4 Å². The van der Waals surface area contributed by atoms with E-state index in [9.17, 15) is 26.3 Å². The summed E-state index contributed by atoms with van der Waals surface area (Å²) in [6.07, 6.45) is -9.70. The van der Waals surface area contributed by atoms with Crippen molar-refractivity contribution in [2.45, 2.75) is 12.4 Å². The number of alkyl halides is 6. The van der Waals surface area contributed by atoms with Gasteiger partial charge < -0.3 is 0 Å². The minimum absolute atomic E-state index is 0.115. The fourth-order valence-electron chi connectivity index (χ4n) is 1.53. The predicted octanol–water partition coefficient (Wildman–Crippen LogP) is 5.25. The lowest BCUT2D eigenvalue weighted by Gasteiger charge is -2.15. The summed E-state index contributed by atoms with van der Waals surface area (Å²) in [6, 6.07) is 4.13. The average Bonchev–Trinajstić information content (AvgIpc) is 2.79. The van der Waals surface area contributed by atoms with Gasteiger partial charge in [-0.3, -0.25) is 0 Å². The second kappa shape index (κ2) is 4.56. The summed E-state index contributed by atoms with van der Waals surface area (Å²) in [5, 5.41) is 2.97. The number of rotatable bonds is 1. The van der Waals surface area contributed by atoms with Gasteiger partial charge in [0.25, 0.3) is 0 Å². The van der Waals surface area contributed by atoms with Crippen LogP contribution in [0.4, 0.5) is 26.3 Å². The monoisotopic (exact) mass is 295 g/mol. The van der Waals surface area contributed by atoms with Gasteiger partial charge in [0.15, 0.2) is 0 Å². The molecule has 0 saturated carbocycles. The SMILES string of the molecule is FC(F)(F)c1c[c]c(-c2ccsc2)c(C(F)(F)F)c1. The molecule has 0 saturated heterocycles. The van der Waals surface area contributed by atoms with E-state index >= 15 is 0 Å². The lowest BCUT2D eigenvalue weighted by molar-refractivity contribution is -0.142. The van der Waals surface area contributed by atoms with E-state index in [4.69, 9.17) is 0 Å². The Morgan fingerprint density at radius 1 is 1.00 bits per heavy atom. The summed E-state index contributed by atoms with van der Waals surface area (Å²) < 4.78 is 75.8. The Morgan fingerprint density at radius 3 is 2.16 bits per heavy atom. The highest BCUT2D eigenvalue weighted by atomic mass is 32.1. The molecule has 0 bridgehead atoms. The van der Waals surface area contributed by atoms with Crippen LogP contribution in [0.3, 0.4) is 0 Å². The number of thiophene rings is 1. The zero-order valence-corrected chi connectivity index (χ0v) is 9.88. The molecule has 0 fully saturated rings. The minimum atomic E-state index is -4.87. The van der Waals surface area contributed by atoms with E-state index in [1.165, 1.54) is 11.4 Å². The van der Waals surface area contributed by atoms with Crippen LogP contribution in [0, 0.1) is 6.07 Å². The summed E-state index contributed by atoms with van der Waals surface area (Å²) in [4.78, 5) is 0. The van der Waals surface area contributed by atoms with Crippen LogP contribution in [0.15, 0.2) is 29.0 Å². The van der Waals surface area contributed by atoms with Crippen LogP contribution in [0.2, 0.25) is 0 Å². The van der Waals surface area contributed by atoms with Crippen molar-refractivity contribution in [2.75, 3.05) is 0 Å². The van der Waals surface area contributed by atoms with E-state index in [-0.39, 0.29) is 17.2 Å². The Bertz CT molecular complexity index is 565. The van der Waals surface area contributed by atoms with Crippen molar-refractivity contribution in [3.63, 3.8) is 0 Å². The zero-order chi connectivity index (χ0) is 14.3. The number of halogens is 6. The number of hydrogen-bond acceptors (Lipinski definition) is 1. The van der Waals surface area contributed by atoms with Crippen molar-refractivity contribution < 1.29 is 26.3 Å². The molecule has 0 aliphatic heterocycles. The highest BCUT2D eigenvalue weighted by Gasteiger charge is 2.38. The van der Waals surface area contributed by atoms with E-state index in [2.05, 4.69) is 6.07 Å². The first-order valence-electron chi connectivity index (χ1n) is 4.92. The molecule has 0 N–H and O–H groups in total. The molecule has 1 aromatic heterocycles. The molecule has 2 rings (SSSR count). The van der Waals surface area contributed by atoms with Gasteiger partial charge in [0.1, 0.15) is 0 Å². The van der Waals surface area contributed by atoms with Gasteiger partial charge in [-0.15, -0.1) is 0 Å². The van der Waals surface area contributed by atoms with Crippen LogP contribution in [0.1, 0.15) is 11.1 Å². The highest BCUT2D eigenvalue weighted by Crippen LogP contribution is 2.40. The summed E-state index contributed by atoms with van der Waals surface area (Å²) >= 11 is 1.15. The minimum Gasteiger partial charge on any atom is -0.166 e. The van der Waals surface area contributed by atoms with Gasteiger partial charge in [0, 0.05) is 5.56 Å². The van der Waals surface area contributed by atoms with Crippen molar-refractivity contribution in [2.24, 2.45) is 0 Å². The van der Waals surface area contributed by atoms with Crippen molar-refractivity contribution in [3.05, 3.63) is 46.2 Å². The first-order chi connectivity index (χ1) is 8.69. The second-order valence-electron chi connectivity index (χ2n) is 3.68. The molecule has 19 heavy (non-hydrogen) atoms. The largest absolute Gasteiger partial charge is 0.417 e. The summed E-state index contributed by atoms with van der Waals surface area (Å²) in [5.74, 6) is 0. The smallest absolute Gasteiger partial charge is 0.166 e. The first kappa shape index (κ1) is 13.9. The number of hydrogen-bond donors (Lipinski definition) is 0. The van der Waals surface area contributed by atoms with Crippen LogP contribution < -0.4 is 0 Å². The third-order valence-electron chi connectivity index (χ3n) is 2.38. The molecule has 101 valence electrons. The van der Waals surface area contributed by atoms with Crippen LogP contribution in [-0.4, -0.2) is 0 Å². The Morgan fingerprint density at radius 2 is 1.68 bits per heavy atom. The molecule has 7 heteroatoms. The lowest BCUT2D eigenvalue weighted by atomic mass is 9.99. The zero-order valence-electron chi connectivity index (χ0n) is 9.06. The Labute approximate surface area is 108 Å². The van der Waals surface area contributed by atoms with Gasteiger partial charge in [-0.1, -0.05) is 0 Å². The molecule has 0 amide bonds. The molecule has 1 radical (unpaired) electrons. The molecular formula is C12H5F6S. The average molecular weight is 295 g/mol. The maximum atomic E-state index is 12.8. The molecule has 0 aliphatic rings. The maximum Gasteiger partial charge on any atom is 0.417 e. The van der Waals surface area contributed by atoms with Crippen molar-refractivity contribution in [3.8, 4) is 11.1 Å². The van der Waals surface area contributed by atoms with Gasteiger partial charge in [-0.25, -0.2) is 0 Å². The first-order valence-corrected chi connectivity index (χ1v) is 5.86. The molecule has 1 aromatic carbocycles. The molecule has 0 unspecified atom stereocenters. The predicted molar refractivity (Wildman–Crippen MR) is 58.6 cm³/mol.